The molecule has 0 radical (unpaired) electrons. The third-order valence-corrected chi connectivity index (χ3v) is 5.71. The number of aromatic nitrogens is 2. The smallest absolute Gasteiger partial charge is 0.263 e. The summed E-state index contributed by atoms with van der Waals surface area (Å²) in [6.45, 7) is 3.83. The van der Waals surface area contributed by atoms with Gasteiger partial charge >= 0.3 is 0 Å². The van der Waals surface area contributed by atoms with Crippen molar-refractivity contribution in [3.8, 4) is 11.3 Å². The van der Waals surface area contributed by atoms with Crippen LogP contribution in [-0.4, -0.2) is 18.4 Å². The lowest BCUT2D eigenvalue weighted by Crippen LogP contribution is -2.13. The zero-order valence-corrected chi connectivity index (χ0v) is 14.3. The number of hydrogen-bond donors (Lipinski definition) is 1. The highest BCUT2D eigenvalue weighted by molar-refractivity contribution is 7.93. The lowest BCUT2D eigenvalue weighted by Gasteiger charge is -2.07. The fourth-order valence-electron chi connectivity index (χ4n) is 2.03. The van der Waals surface area contributed by atoms with Crippen LogP contribution in [-0.2, 0) is 10.0 Å². The minimum absolute atomic E-state index is 0.237. The first-order valence-electron chi connectivity index (χ1n) is 6.92. The van der Waals surface area contributed by atoms with Crippen molar-refractivity contribution in [2.45, 2.75) is 18.7 Å². The van der Waals surface area contributed by atoms with E-state index in [0.717, 1.165) is 22.4 Å². The lowest BCUT2D eigenvalue weighted by atomic mass is 10.1. The Morgan fingerprint density at radius 2 is 1.78 bits per heavy atom. The van der Waals surface area contributed by atoms with Crippen molar-refractivity contribution in [3.05, 3.63) is 59.2 Å². The summed E-state index contributed by atoms with van der Waals surface area (Å²) >= 11 is 1.25. The molecular weight excluding hydrogens is 330 g/mol. The normalized spacial score (nSPS) is 11.4. The average molecular weight is 345 g/mol. The summed E-state index contributed by atoms with van der Waals surface area (Å²) in [6.07, 6.45) is 3.35. The van der Waals surface area contributed by atoms with Gasteiger partial charge in [-0.1, -0.05) is 6.07 Å². The number of rotatable bonds is 4. The van der Waals surface area contributed by atoms with E-state index in [0.29, 0.717) is 5.13 Å². The molecular formula is C16H15N3O2S2. The van der Waals surface area contributed by atoms with Crippen molar-refractivity contribution < 1.29 is 8.42 Å². The van der Waals surface area contributed by atoms with E-state index in [-0.39, 0.29) is 4.90 Å². The molecule has 0 aliphatic rings. The molecule has 1 N–H and O–H groups in total. The summed E-state index contributed by atoms with van der Waals surface area (Å²) in [5.41, 5.74) is 3.60. The molecule has 2 aromatic heterocycles. The van der Waals surface area contributed by atoms with E-state index < -0.39 is 10.0 Å². The summed E-state index contributed by atoms with van der Waals surface area (Å²) in [7, 11) is -3.64. The van der Waals surface area contributed by atoms with Crippen LogP contribution in [0.15, 0.2) is 53.0 Å². The number of thiazole rings is 1. The molecule has 0 unspecified atom stereocenters. The van der Waals surface area contributed by atoms with Gasteiger partial charge in [-0.3, -0.25) is 9.71 Å². The number of benzene rings is 1. The highest BCUT2D eigenvalue weighted by atomic mass is 32.2. The Bertz CT molecular complexity index is 935. The molecule has 0 aliphatic heterocycles. The number of aryl methyl sites for hydroxylation is 2. The molecule has 0 aliphatic carbocycles. The highest BCUT2D eigenvalue weighted by Gasteiger charge is 2.17. The monoisotopic (exact) mass is 345 g/mol. The largest absolute Gasteiger partial charge is 0.265 e. The van der Waals surface area contributed by atoms with Gasteiger partial charge in [0, 0.05) is 23.3 Å². The quantitative estimate of drug-likeness (QED) is 0.784. The van der Waals surface area contributed by atoms with Crippen LogP contribution >= 0.6 is 11.3 Å². The van der Waals surface area contributed by atoms with Crippen molar-refractivity contribution in [1.29, 1.82) is 0 Å². The second kappa shape index (κ2) is 6.10. The van der Waals surface area contributed by atoms with E-state index in [1.165, 1.54) is 11.3 Å². The third kappa shape index (κ3) is 3.40. The minimum atomic E-state index is -3.64. The van der Waals surface area contributed by atoms with Crippen molar-refractivity contribution in [3.63, 3.8) is 0 Å². The van der Waals surface area contributed by atoms with E-state index in [9.17, 15) is 8.42 Å². The van der Waals surface area contributed by atoms with Gasteiger partial charge in [0.15, 0.2) is 5.13 Å². The minimum Gasteiger partial charge on any atom is -0.265 e. The molecule has 5 nitrogen and oxygen atoms in total. The Balaban J connectivity index is 1.86. The Morgan fingerprint density at radius 3 is 2.48 bits per heavy atom. The van der Waals surface area contributed by atoms with Crippen LogP contribution in [0.25, 0.3) is 11.3 Å². The number of nitrogens with zero attached hydrogens (tertiary/aromatic N) is 2. The van der Waals surface area contributed by atoms with Gasteiger partial charge in [0.25, 0.3) is 10.0 Å². The first-order valence-corrected chi connectivity index (χ1v) is 9.28. The fraction of sp³-hybridized carbons (Fsp3) is 0.125. The Labute approximate surface area is 139 Å². The van der Waals surface area contributed by atoms with Crippen LogP contribution in [0.3, 0.4) is 0 Å². The van der Waals surface area contributed by atoms with Crippen LogP contribution in [0.2, 0.25) is 0 Å². The standard InChI is InChI=1S/C16H15N3O2S2/c1-11-3-4-14(9-12(11)2)23(20,21)19-16-18-15(10-22-16)13-5-7-17-8-6-13/h3-10H,1-2H3,(H,18,19). The molecule has 0 fully saturated rings. The summed E-state index contributed by atoms with van der Waals surface area (Å²) in [4.78, 5) is 8.53. The number of hydrogen-bond acceptors (Lipinski definition) is 5. The van der Waals surface area contributed by atoms with Crippen molar-refractivity contribution in [1.82, 2.24) is 9.97 Å². The average Bonchev–Trinajstić information content (AvgIpc) is 2.98. The predicted octanol–water partition coefficient (Wildman–Crippen LogP) is 3.62. The topological polar surface area (TPSA) is 72.0 Å². The molecule has 0 bridgehead atoms. The van der Waals surface area contributed by atoms with Crippen molar-refractivity contribution in [2.24, 2.45) is 0 Å². The number of anilines is 1. The number of nitrogens with one attached hydrogen (secondary N) is 1. The molecule has 0 spiro atoms. The first kappa shape index (κ1) is 15.6. The first-order chi connectivity index (χ1) is 11.0. The molecule has 1 aromatic carbocycles. The van der Waals surface area contributed by atoms with E-state index in [1.54, 1.807) is 30.6 Å². The van der Waals surface area contributed by atoms with E-state index >= 15 is 0 Å². The van der Waals surface area contributed by atoms with Gasteiger partial charge in [-0.25, -0.2) is 13.4 Å². The Hall–Kier alpha value is -2.25. The van der Waals surface area contributed by atoms with Gasteiger partial charge in [0.05, 0.1) is 10.6 Å². The SMILES string of the molecule is Cc1ccc(S(=O)(=O)Nc2nc(-c3ccncc3)cs2)cc1C. The molecule has 0 amide bonds. The summed E-state index contributed by atoms with van der Waals surface area (Å²) in [6, 6.07) is 8.72. The summed E-state index contributed by atoms with van der Waals surface area (Å²) < 4.78 is 27.4. The van der Waals surface area contributed by atoms with Gasteiger partial charge < -0.3 is 0 Å². The van der Waals surface area contributed by atoms with E-state index in [2.05, 4.69) is 14.7 Å². The fourth-order valence-corrected chi connectivity index (χ4v) is 4.09. The Morgan fingerprint density at radius 1 is 1.04 bits per heavy atom. The molecule has 3 rings (SSSR count). The van der Waals surface area contributed by atoms with Gasteiger partial charge in [-0.05, 0) is 49.2 Å². The maximum absolute atomic E-state index is 12.5. The second-order valence-corrected chi connectivity index (χ2v) is 7.67. The predicted molar refractivity (Wildman–Crippen MR) is 92.1 cm³/mol. The summed E-state index contributed by atoms with van der Waals surface area (Å²) in [5.74, 6) is 0. The molecule has 3 aromatic rings. The third-order valence-electron chi connectivity index (χ3n) is 3.49. The van der Waals surface area contributed by atoms with Gasteiger partial charge in [0.2, 0.25) is 0 Å². The van der Waals surface area contributed by atoms with Crippen LogP contribution in [0.5, 0.6) is 0 Å². The maximum atomic E-state index is 12.5. The molecule has 0 atom stereocenters. The molecule has 118 valence electrons. The second-order valence-electron chi connectivity index (χ2n) is 5.13. The summed E-state index contributed by atoms with van der Waals surface area (Å²) in [5, 5.41) is 2.16. The maximum Gasteiger partial charge on any atom is 0.263 e. The van der Waals surface area contributed by atoms with Crippen molar-refractivity contribution in [2.75, 3.05) is 4.72 Å². The van der Waals surface area contributed by atoms with E-state index in [4.69, 9.17) is 0 Å². The molecule has 0 saturated heterocycles. The number of sulfonamides is 1. The zero-order chi connectivity index (χ0) is 16.4. The Kier molecular flexibility index (Phi) is 4.14. The van der Waals surface area contributed by atoms with Gasteiger partial charge in [0.1, 0.15) is 0 Å². The van der Waals surface area contributed by atoms with Crippen molar-refractivity contribution >= 4 is 26.5 Å². The molecule has 2 heterocycles. The zero-order valence-electron chi connectivity index (χ0n) is 12.6. The van der Waals surface area contributed by atoms with Gasteiger partial charge in [-0.2, -0.15) is 0 Å². The molecule has 7 heteroatoms. The van der Waals surface area contributed by atoms with Crippen LogP contribution < -0.4 is 4.72 Å². The molecule has 23 heavy (non-hydrogen) atoms. The lowest BCUT2D eigenvalue weighted by molar-refractivity contribution is 0.601. The van der Waals surface area contributed by atoms with Crippen LogP contribution in [0.4, 0.5) is 5.13 Å². The van der Waals surface area contributed by atoms with Crippen LogP contribution in [0, 0.1) is 13.8 Å². The highest BCUT2D eigenvalue weighted by Crippen LogP contribution is 2.26. The van der Waals surface area contributed by atoms with Crippen LogP contribution in [0.1, 0.15) is 11.1 Å². The number of pyridine rings is 1. The van der Waals surface area contributed by atoms with E-state index in [1.807, 2.05) is 31.4 Å². The van der Waals surface area contributed by atoms with Gasteiger partial charge in [-0.15, -0.1) is 11.3 Å². The molecule has 0 saturated carbocycles.